The Balaban J connectivity index is 2.20. The molecule has 1 heterocycles. The minimum Gasteiger partial charge on any atom is -0.493 e. The van der Waals surface area contributed by atoms with E-state index in [4.69, 9.17) is 9.47 Å². The number of methoxy groups -OCH3 is 2. The highest BCUT2D eigenvalue weighted by atomic mass is 32.1. The Bertz CT molecular complexity index is 858. The van der Waals surface area contributed by atoms with Crippen molar-refractivity contribution in [2.24, 2.45) is 5.41 Å². The molecule has 0 unspecified atom stereocenters. The quantitative estimate of drug-likeness (QED) is 0.228. The predicted octanol–water partition coefficient (Wildman–Crippen LogP) is 5.86. The molecule has 0 saturated carbocycles. The van der Waals surface area contributed by atoms with Gasteiger partial charge in [0, 0.05) is 35.2 Å². The fraction of sp³-hybridized carbons (Fsp3) is 0.630. The zero-order valence-electron chi connectivity index (χ0n) is 21.6. The van der Waals surface area contributed by atoms with Crippen LogP contribution >= 0.6 is 11.3 Å². The van der Waals surface area contributed by atoms with Crippen molar-refractivity contribution < 1.29 is 19.1 Å². The molecule has 34 heavy (non-hydrogen) atoms. The van der Waals surface area contributed by atoms with E-state index in [0.717, 1.165) is 66.3 Å². The highest BCUT2D eigenvalue weighted by molar-refractivity contribution is 7.19. The van der Waals surface area contributed by atoms with Gasteiger partial charge < -0.3 is 20.1 Å². The first-order valence-electron chi connectivity index (χ1n) is 12.6. The highest BCUT2D eigenvalue weighted by Gasteiger charge is 2.41. The first-order valence-corrected chi connectivity index (χ1v) is 13.4. The number of fused-ring (bicyclic) bond motifs is 1. The average molecular weight is 491 g/mol. The summed E-state index contributed by atoms with van der Waals surface area (Å²) in [5, 5.41) is 7.07. The van der Waals surface area contributed by atoms with Crippen molar-refractivity contribution >= 4 is 33.2 Å². The molecule has 0 fully saturated rings. The average Bonchev–Trinajstić information content (AvgIpc) is 3.23. The van der Waals surface area contributed by atoms with Crippen LogP contribution in [0.1, 0.15) is 77.0 Å². The van der Waals surface area contributed by atoms with Crippen molar-refractivity contribution in [3.8, 4) is 11.5 Å². The highest BCUT2D eigenvalue weighted by Crippen LogP contribution is 2.38. The molecule has 2 N–H and O–H groups in total. The second-order valence-electron chi connectivity index (χ2n) is 9.10. The van der Waals surface area contributed by atoms with Gasteiger partial charge in [-0.05, 0) is 37.3 Å². The SMILES string of the molecule is CCCCCCNC(=O)C(C)(Cc1cc2cc(OC)c(OC)cc2s1)C(=O)NCCCCCC. The summed E-state index contributed by atoms with van der Waals surface area (Å²) in [6.45, 7) is 7.28. The van der Waals surface area contributed by atoms with Crippen LogP contribution in [0.5, 0.6) is 11.5 Å². The van der Waals surface area contributed by atoms with Crippen LogP contribution in [0.15, 0.2) is 18.2 Å². The van der Waals surface area contributed by atoms with Gasteiger partial charge in [-0.25, -0.2) is 0 Å². The Hall–Kier alpha value is -2.28. The number of benzene rings is 1. The van der Waals surface area contributed by atoms with E-state index in [1.54, 1.807) is 32.5 Å². The number of carbonyl (C=O) groups excluding carboxylic acids is 2. The van der Waals surface area contributed by atoms with Crippen LogP contribution in [0.2, 0.25) is 0 Å². The van der Waals surface area contributed by atoms with Crippen molar-refractivity contribution in [1.29, 1.82) is 0 Å². The van der Waals surface area contributed by atoms with Gasteiger partial charge in [0.25, 0.3) is 0 Å². The number of hydrogen-bond acceptors (Lipinski definition) is 5. The molecule has 6 nitrogen and oxygen atoms in total. The molecule has 0 saturated heterocycles. The maximum absolute atomic E-state index is 13.3. The molecular formula is C27H42N2O4S. The van der Waals surface area contributed by atoms with Gasteiger partial charge >= 0.3 is 0 Å². The van der Waals surface area contributed by atoms with Crippen LogP contribution in [0.4, 0.5) is 0 Å². The van der Waals surface area contributed by atoms with E-state index in [2.05, 4.69) is 24.5 Å². The standard InChI is InChI=1S/C27H42N2O4S/c1-6-8-10-12-14-28-25(30)27(3,26(31)29-15-13-11-9-7-2)19-21-16-20-17-22(32-4)23(33-5)18-24(20)34-21/h16-18H,6-15,19H2,1-5H3,(H,28,30)(H,29,31). The Morgan fingerprint density at radius 1 is 0.824 bits per heavy atom. The second kappa shape index (κ2) is 14.2. The Morgan fingerprint density at radius 2 is 1.35 bits per heavy atom. The fourth-order valence-corrected chi connectivity index (χ4v) is 5.25. The van der Waals surface area contributed by atoms with Gasteiger partial charge in [-0.1, -0.05) is 52.4 Å². The van der Waals surface area contributed by atoms with Crippen LogP contribution in [-0.4, -0.2) is 39.1 Å². The zero-order valence-corrected chi connectivity index (χ0v) is 22.4. The third-order valence-corrected chi connectivity index (χ3v) is 7.33. The van der Waals surface area contributed by atoms with E-state index >= 15 is 0 Å². The number of carbonyl (C=O) groups is 2. The summed E-state index contributed by atoms with van der Waals surface area (Å²) < 4.78 is 11.9. The van der Waals surface area contributed by atoms with Gasteiger partial charge in [0.05, 0.1) is 14.2 Å². The molecule has 1 aromatic carbocycles. The third kappa shape index (κ3) is 7.62. The van der Waals surface area contributed by atoms with Crippen molar-refractivity contribution in [3.63, 3.8) is 0 Å². The molecule has 7 heteroatoms. The summed E-state index contributed by atoms with van der Waals surface area (Å²) in [7, 11) is 3.23. The van der Waals surface area contributed by atoms with Gasteiger partial charge in [-0.3, -0.25) is 9.59 Å². The van der Waals surface area contributed by atoms with Crippen molar-refractivity contribution in [3.05, 3.63) is 23.1 Å². The molecule has 2 aromatic rings. The minimum atomic E-state index is -1.18. The van der Waals surface area contributed by atoms with Gasteiger partial charge in [0.1, 0.15) is 5.41 Å². The number of thiophene rings is 1. The molecule has 0 spiro atoms. The predicted molar refractivity (Wildman–Crippen MR) is 141 cm³/mol. The first-order chi connectivity index (χ1) is 16.4. The molecule has 0 aliphatic carbocycles. The number of hydrogen-bond donors (Lipinski definition) is 2. The number of ether oxygens (including phenoxy) is 2. The van der Waals surface area contributed by atoms with E-state index in [-0.39, 0.29) is 11.8 Å². The van der Waals surface area contributed by atoms with E-state index in [0.29, 0.717) is 31.0 Å². The monoisotopic (exact) mass is 490 g/mol. The van der Waals surface area contributed by atoms with Gasteiger partial charge in [-0.15, -0.1) is 11.3 Å². The fourth-order valence-electron chi connectivity index (χ4n) is 4.02. The largest absolute Gasteiger partial charge is 0.493 e. The number of nitrogens with one attached hydrogen (secondary N) is 2. The molecule has 0 aliphatic heterocycles. The minimum absolute atomic E-state index is 0.206. The molecule has 0 radical (unpaired) electrons. The first kappa shape index (κ1) is 28.0. The Labute approximate surface area is 208 Å². The van der Waals surface area contributed by atoms with Crippen LogP contribution in [0, 0.1) is 5.41 Å². The maximum Gasteiger partial charge on any atom is 0.235 e. The smallest absolute Gasteiger partial charge is 0.235 e. The summed E-state index contributed by atoms with van der Waals surface area (Å²) in [5.74, 6) is 0.919. The number of amides is 2. The molecule has 0 atom stereocenters. The second-order valence-corrected chi connectivity index (χ2v) is 10.3. The molecule has 2 amide bonds. The lowest BCUT2D eigenvalue weighted by molar-refractivity contribution is -0.142. The van der Waals surface area contributed by atoms with Crippen molar-refractivity contribution in [1.82, 2.24) is 10.6 Å². The van der Waals surface area contributed by atoms with Crippen LogP contribution < -0.4 is 20.1 Å². The Morgan fingerprint density at radius 3 is 1.85 bits per heavy atom. The van der Waals surface area contributed by atoms with E-state index in [1.165, 1.54) is 0 Å². The molecule has 1 aromatic heterocycles. The lowest BCUT2D eigenvalue weighted by Gasteiger charge is -2.27. The summed E-state index contributed by atoms with van der Waals surface area (Å²) in [4.78, 5) is 27.6. The van der Waals surface area contributed by atoms with Gasteiger partial charge in [0.15, 0.2) is 11.5 Å². The van der Waals surface area contributed by atoms with Crippen LogP contribution in [0.25, 0.3) is 10.1 Å². The van der Waals surface area contributed by atoms with Crippen LogP contribution in [0.3, 0.4) is 0 Å². The summed E-state index contributed by atoms with van der Waals surface area (Å²) in [5.41, 5.74) is -1.18. The van der Waals surface area contributed by atoms with Crippen molar-refractivity contribution in [2.45, 2.75) is 78.6 Å². The summed E-state index contributed by atoms with van der Waals surface area (Å²) in [6, 6.07) is 5.93. The number of rotatable bonds is 16. The maximum atomic E-state index is 13.3. The van der Waals surface area contributed by atoms with Gasteiger partial charge in [0.2, 0.25) is 11.8 Å². The molecule has 0 aliphatic rings. The molecule has 0 bridgehead atoms. The normalized spacial score (nSPS) is 11.4. The zero-order chi connectivity index (χ0) is 25.0. The lowest BCUT2D eigenvalue weighted by Crippen LogP contribution is -2.51. The summed E-state index contributed by atoms with van der Waals surface area (Å²) in [6.07, 6.45) is 8.96. The van der Waals surface area contributed by atoms with Crippen molar-refractivity contribution in [2.75, 3.05) is 27.3 Å². The molecular weight excluding hydrogens is 448 g/mol. The lowest BCUT2D eigenvalue weighted by atomic mass is 9.83. The molecule has 190 valence electrons. The van der Waals surface area contributed by atoms with E-state index in [1.807, 2.05) is 18.2 Å². The third-order valence-electron chi connectivity index (χ3n) is 6.24. The van der Waals surface area contributed by atoms with Gasteiger partial charge in [-0.2, -0.15) is 0 Å². The number of unbranched alkanes of at least 4 members (excludes halogenated alkanes) is 6. The molecule has 2 rings (SSSR count). The van der Waals surface area contributed by atoms with E-state index in [9.17, 15) is 9.59 Å². The van der Waals surface area contributed by atoms with Crippen LogP contribution in [-0.2, 0) is 16.0 Å². The topological polar surface area (TPSA) is 76.7 Å². The summed E-state index contributed by atoms with van der Waals surface area (Å²) >= 11 is 1.58. The Kier molecular flexibility index (Phi) is 11.7. The van der Waals surface area contributed by atoms with E-state index < -0.39 is 5.41 Å².